The van der Waals surface area contributed by atoms with Gasteiger partial charge in [-0.3, -0.25) is 4.52 Å². The van der Waals surface area contributed by atoms with E-state index < -0.39 is 0 Å². The highest BCUT2D eigenvalue weighted by Gasteiger charge is 2.10. The number of aromatic nitrogens is 2. The van der Waals surface area contributed by atoms with Crippen LogP contribution in [0, 0.1) is 0 Å². The minimum absolute atomic E-state index is 0.196. The predicted octanol–water partition coefficient (Wildman–Crippen LogP) is 2.78. The lowest BCUT2D eigenvalue weighted by atomic mass is 10.2. The van der Waals surface area contributed by atoms with Gasteiger partial charge in [-0.1, -0.05) is 31.1 Å². The maximum Gasteiger partial charge on any atom is 0.417 e. The molecule has 0 spiro atoms. The van der Waals surface area contributed by atoms with Gasteiger partial charge < -0.3 is 9.47 Å². The lowest BCUT2D eigenvalue weighted by Crippen LogP contribution is -1.96. The molecule has 18 heavy (non-hydrogen) atoms. The van der Waals surface area contributed by atoms with Gasteiger partial charge in [0.15, 0.2) is 5.82 Å². The van der Waals surface area contributed by atoms with Crippen LogP contribution in [0.1, 0.15) is 31.2 Å². The summed E-state index contributed by atoms with van der Waals surface area (Å²) in [5.74, 6) is 1.67. The van der Waals surface area contributed by atoms with E-state index in [2.05, 4.69) is 10.1 Å². The van der Waals surface area contributed by atoms with Gasteiger partial charge in [0.25, 0.3) is 0 Å². The van der Waals surface area contributed by atoms with Crippen molar-refractivity contribution in [2.45, 2.75) is 26.4 Å². The Hall–Kier alpha value is -2.04. The van der Waals surface area contributed by atoms with Crippen molar-refractivity contribution in [3.05, 3.63) is 35.7 Å². The van der Waals surface area contributed by atoms with E-state index in [1.807, 2.05) is 38.1 Å². The Labute approximate surface area is 106 Å². The lowest BCUT2D eigenvalue weighted by Gasteiger charge is -2.03. The molecule has 2 rings (SSSR count). The number of ether oxygens (including phenoxy) is 2. The van der Waals surface area contributed by atoms with Crippen molar-refractivity contribution in [1.29, 1.82) is 0 Å². The van der Waals surface area contributed by atoms with E-state index in [0.29, 0.717) is 12.4 Å². The van der Waals surface area contributed by atoms with Crippen LogP contribution in [0.25, 0.3) is 0 Å². The number of benzene rings is 1. The van der Waals surface area contributed by atoms with Crippen molar-refractivity contribution in [3.8, 4) is 11.8 Å². The molecule has 0 aliphatic carbocycles. The van der Waals surface area contributed by atoms with Gasteiger partial charge in [-0.15, -0.1) is 0 Å². The van der Waals surface area contributed by atoms with Crippen molar-refractivity contribution < 1.29 is 14.0 Å². The zero-order valence-corrected chi connectivity index (χ0v) is 10.7. The van der Waals surface area contributed by atoms with Gasteiger partial charge in [-0.05, 0) is 17.7 Å². The van der Waals surface area contributed by atoms with Crippen LogP contribution in [0.2, 0.25) is 0 Å². The van der Waals surface area contributed by atoms with Crippen LogP contribution in [0.4, 0.5) is 0 Å². The summed E-state index contributed by atoms with van der Waals surface area (Å²) in [5.41, 5.74) is 0.985. The highest BCUT2D eigenvalue weighted by atomic mass is 16.6. The third-order valence-corrected chi connectivity index (χ3v) is 2.44. The maximum absolute atomic E-state index is 5.43. The minimum atomic E-state index is 0.196. The van der Waals surface area contributed by atoms with Gasteiger partial charge >= 0.3 is 6.08 Å². The van der Waals surface area contributed by atoms with Crippen LogP contribution in [-0.2, 0) is 6.61 Å². The largest absolute Gasteiger partial charge is 0.497 e. The molecule has 0 N–H and O–H groups in total. The van der Waals surface area contributed by atoms with Crippen LogP contribution >= 0.6 is 0 Å². The molecular formula is C13H16N2O3. The van der Waals surface area contributed by atoms with Crippen molar-refractivity contribution >= 4 is 0 Å². The van der Waals surface area contributed by atoms with E-state index in [1.165, 1.54) is 0 Å². The molecule has 0 bridgehead atoms. The lowest BCUT2D eigenvalue weighted by molar-refractivity contribution is 0.194. The van der Waals surface area contributed by atoms with Crippen LogP contribution in [0.15, 0.2) is 28.8 Å². The molecule has 0 aliphatic rings. The van der Waals surface area contributed by atoms with Crippen molar-refractivity contribution in [2.24, 2.45) is 0 Å². The Balaban J connectivity index is 1.97. The number of methoxy groups -OCH3 is 1. The van der Waals surface area contributed by atoms with Gasteiger partial charge in [-0.25, -0.2) is 0 Å². The minimum Gasteiger partial charge on any atom is -0.497 e. The van der Waals surface area contributed by atoms with E-state index in [-0.39, 0.29) is 12.0 Å². The van der Waals surface area contributed by atoms with Crippen molar-refractivity contribution in [2.75, 3.05) is 7.11 Å². The summed E-state index contributed by atoms with van der Waals surface area (Å²) in [6.07, 6.45) is 0.196. The number of hydrogen-bond donors (Lipinski definition) is 0. The summed E-state index contributed by atoms with van der Waals surface area (Å²) in [5, 5.41) is 3.83. The standard InChI is InChI=1S/C13H16N2O3/c1-9(2)12-14-13(18-15-12)17-8-10-5-4-6-11(7-10)16-3/h4-7,9H,8H2,1-3H3. The molecule has 0 unspecified atom stereocenters. The van der Waals surface area contributed by atoms with E-state index >= 15 is 0 Å². The molecule has 1 heterocycles. The monoisotopic (exact) mass is 248 g/mol. The topological polar surface area (TPSA) is 57.4 Å². The second-order valence-corrected chi connectivity index (χ2v) is 4.21. The first-order chi connectivity index (χ1) is 8.69. The molecule has 1 aromatic heterocycles. The third kappa shape index (κ3) is 3.00. The predicted molar refractivity (Wildman–Crippen MR) is 65.7 cm³/mol. The Kier molecular flexibility index (Phi) is 3.82. The summed E-state index contributed by atoms with van der Waals surface area (Å²) < 4.78 is 15.6. The normalized spacial score (nSPS) is 10.7. The summed E-state index contributed by atoms with van der Waals surface area (Å²) in [6, 6.07) is 7.64. The summed E-state index contributed by atoms with van der Waals surface area (Å²) in [6.45, 7) is 4.37. The van der Waals surface area contributed by atoms with E-state index in [0.717, 1.165) is 11.3 Å². The Morgan fingerprint density at radius 2 is 2.17 bits per heavy atom. The second kappa shape index (κ2) is 5.53. The highest BCUT2D eigenvalue weighted by molar-refractivity contribution is 5.28. The maximum atomic E-state index is 5.43. The second-order valence-electron chi connectivity index (χ2n) is 4.21. The fraction of sp³-hybridized carbons (Fsp3) is 0.385. The van der Waals surface area contributed by atoms with E-state index in [9.17, 15) is 0 Å². The van der Waals surface area contributed by atoms with Gasteiger partial charge in [-0.2, -0.15) is 4.98 Å². The van der Waals surface area contributed by atoms with Crippen LogP contribution in [-0.4, -0.2) is 17.3 Å². The molecule has 0 aliphatic heterocycles. The van der Waals surface area contributed by atoms with Crippen LogP contribution < -0.4 is 9.47 Å². The van der Waals surface area contributed by atoms with Crippen molar-refractivity contribution in [1.82, 2.24) is 10.1 Å². The van der Waals surface area contributed by atoms with E-state index in [4.69, 9.17) is 14.0 Å². The molecular weight excluding hydrogens is 232 g/mol. The molecule has 2 aromatic rings. The molecule has 0 radical (unpaired) electrons. The summed E-state index contributed by atoms with van der Waals surface area (Å²) in [4.78, 5) is 4.14. The van der Waals surface area contributed by atoms with Gasteiger partial charge in [0.2, 0.25) is 0 Å². The smallest absolute Gasteiger partial charge is 0.417 e. The molecule has 5 heteroatoms. The highest BCUT2D eigenvalue weighted by Crippen LogP contribution is 2.17. The van der Waals surface area contributed by atoms with Gasteiger partial charge in [0.1, 0.15) is 12.4 Å². The molecule has 1 aromatic carbocycles. The van der Waals surface area contributed by atoms with Gasteiger partial charge in [0, 0.05) is 5.92 Å². The fourth-order valence-electron chi connectivity index (χ4n) is 1.42. The van der Waals surface area contributed by atoms with Crippen LogP contribution in [0.5, 0.6) is 11.8 Å². The number of rotatable bonds is 5. The molecule has 0 atom stereocenters. The first kappa shape index (κ1) is 12.4. The molecule has 96 valence electrons. The third-order valence-electron chi connectivity index (χ3n) is 2.44. The zero-order chi connectivity index (χ0) is 13.0. The van der Waals surface area contributed by atoms with Gasteiger partial charge in [0.05, 0.1) is 7.11 Å². The quantitative estimate of drug-likeness (QED) is 0.814. The molecule has 0 saturated heterocycles. The first-order valence-electron chi connectivity index (χ1n) is 5.78. The van der Waals surface area contributed by atoms with Crippen molar-refractivity contribution in [3.63, 3.8) is 0 Å². The Morgan fingerprint density at radius 1 is 1.33 bits per heavy atom. The first-order valence-corrected chi connectivity index (χ1v) is 5.78. The molecule has 5 nitrogen and oxygen atoms in total. The average Bonchev–Trinajstić information content (AvgIpc) is 2.85. The summed E-state index contributed by atoms with van der Waals surface area (Å²) in [7, 11) is 1.63. The Bertz CT molecular complexity index is 508. The zero-order valence-electron chi connectivity index (χ0n) is 10.7. The molecule has 0 saturated carbocycles. The number of nitrogens with zero attached hydrogens (tertiary/aromatic N) is 2. The molecule has 0 amide bonds. The van der Waals surface area contributed by atoms with Crippen LogP contribution in [0.3, 0.4) is 0 Å². The molecule has 0 fully saturated rings. The Morgan fingerprint density at radius 3 is 2.83 bits per heavy atom. The summed E-state index contributed by atoms with van der Waals surface area (Å²) >= 11 is 0. The fourth-order valence-corrected chi connectivity index (χ4v) is 1.42. The van der Waals surface area contributed by atoms with E-state index in [1.54, 1.807) is 7.11 Å². The number of hydrogen-bond acceptors (Lipinski definition) is 5. The average molecular weight is 248 g/mol. The SMILES string of the molecule is COc1cccc(COc2nc(C(C)C)no2)c1.